The van der Waals surface area contributed by atoms with Gasteiger partial charge in [0.05, 0.1) is 0 Å². The van der Waals surface area contributed by atoms with Gasteiger partial charge in [-0.25, -0.2) is 0 Å². The first-order valence-electron chi connectivity index (χ1n) is 6.81. The Hall–Kier alpha value is -0.687. The van der Waals surface area contributed by atoms with E-state index < -0.39 is 23.7 Å². The molecule has 0 saturated carbocycles. The van der Waals surface area contributed by atoms with Gasteiger partial charge in [0.1, 0.15) is 0 Å². The van der Waals surface area contributed by atoms with Crippen molar-refractivity contribution in [2.45, 2.75) is 44.0 Å². The summed E-state index contributed by atoms with van der Waals surface area (Å²) in [5.41, 5.74) is 0.320. The molecule has 0 fully saturated rings. The van der Waals surface area contributed by atoms with Crippen LogP contribution in [0, 0.1) is 0 Å². The van der Waals surface area contributed by atoms with Crippen molar-refractivity contribution in [3.05, 3.63) is 35.9 Å². The average molecular weight is 471 g/mol. The van der Waals surface area contributed by atoms with Crippen LogP contribution in [-0.4, -0.2) is 23.7 Å². The fourth-order valence-electron chi connectivity index (χ4n) is 1.53. The van der Waals surface area contributed by atoms with Gasteiger partial charge in [-0.3, -0.25) is 0 Å². The van der Waals surface area contributed by atoms with Crippen LogP contribution in [-0.2, 0) is 39.2 Å². The number of esters is 1. The van der Waals surface area contributed by atoms with Crippen LogP contribution in [0.3, 0.4) is 0 Å². The van der Waals surface area contributed by atoms with Crippen molar-refractivity contribution in [1.82, 2.24) is 5.32 Å². The van der Waals surface area contributed by atoms with E-state index in [4.69, 9.17) is 9.47 Å². The van der Waals surface area contributed by atoms with Crippen LogP contribution in [0.4, 0.5) is 4.79 Å². The fourth-order valence-corrected chi connectivity index (χ4v) is 2.33. The Morgan fingerprint density at radius 1 is 1.23 bits per heavy atom. The third-order valence-electron chi connectivity index (χ3n) is 2.49. The quantitative estimate of drug-likeness (QED) is 0.361. The summed E-state index contributed by atoms with van der Waals surface area (Å²) in [6.45, 7) is 5.52. The van der Waals surface area contributed by atoms with E-state index in [-0.39, 0.29) is 30.6 Å². The van der Waals surface area contributed by atoms with Crippen molar-refractivity contribution < 1.29 is 61.3 Å². The summed E-state index contributed by atoms with van der Waals surface area (Å²) in [7, 11) is 0. The molecule has 5 nitrogen and oxygen atoms in total. The number of benzene rings is 1. The molecule has 0 aliphatic rings. The number of carbonyl (C=O) groups excluding carboxylic acids is 2. The maximum atomic E-state index is 12.0. The summed E-state index contributed by atoms with van der Waals surface area (Å²) in [4.78, 5) is 23.7. The second kappa shape index (κ2) is 10.2. The third-order valence-corrected chi connectivity index (χ3v) is 3.70. The zero-order valence-corrected chi connectivity index (χ0v) is 18.2. The van der Waals surface area contributed by atoms with Crippen molar-refractivity contribution in [2.75, 3.05) is 0 Å². The minimum absolute atomic E-state index is 0. The number of hydrogen-bond donors (Lipinski definition) is 1. The number of amides is 1. The van der Waals surface area contributed by atoms with Crippen LogP contribution >= 0.6 is 0 Å². The molecule has 118 valence electrons. The monoisotopic (exact) mass is 469 g/mol. The Labute approximate surface area is 158 Å². The SMILES string of the molecule is CC(C)(C)OC(=O)N[C@@H]([CH2][Zn+])C(=O)OCc1ccccc1.[I-]. The molecule has 1 N–H and O–H groups in total. The molecule has 0 bridgehead atoms. The van der Waals surface area contributed by atoms with Crippen LogP contribution < -0.4 is 29.3 Å². The Morgan fingerprint density at radius 3 is 2.32 bits per heavy atom. The summed E-state index contributed by atoms with van der Waals surface area (Å²) >= 11 is 0.876. The zero-order valence-electron chi connectivity index (χ0n) is 13.1. The molecule has 1 rings (SSSR count). The van der Waals surface area contributed by atoms with Crippen molar-refractivity contribution >= 4 is 12.1 Å². The van der Waals surface area contributed by atoms with Gasteiger partial charge in [-0.1, -0.05) is 0 Å². The number of rotatable bonds is 5. The Kier molecular flexibility index (Phi) is 9.84. The predicted octanol–water partition coefficient (Wildman–Crippen LogP) is -0.408. The standard InChI is InChI=1S/C15H20NO4.HI.Zn/c1-11(16-14(18)20-15(2,3)4)13(17)19-10-12-8-6-5-7-9-12;;/h5-9,11H,1,10H2,2-4H3,(H,16,18);1H;/q;;+1/p-1/t11-;;/m0../s1. The topological polar surface area (TPSA) is 64.6 Å². The minimum atomic E-state index is -0.649. The molecule has 1 atom stereocenters. The second-order valence-corrected chi connectivity index (χ2v) is 6.79. The molecule has 1 aromatic rings. The number of halogens is 1. The first-order valence-corrected chi connectivity index (χ1v) is 8.91. The van der Waals surface area contributed by atoms with Gasteiger partial charge >= 0.3 is 135 Å². The number of hydrogen-bond acceptors (Lipinski definition) is 4. The molecular formula is C15H20INO4Zn. The van der Waals surface area contributed by atoms with E-state index in [0.717, 1.165) is 23.9 Å². The molecule has 0 heterocycles. The van der Waals surface area contributed by atoms with Crippen molar-refractivity contribution in [1.29, 1.82) is 0 Å². The Morgan fingerprint density at radius 2 is 1.82 bits per heavy atom. The molecular weight excluding hydrogens is 450 g/mol. The van der Waals surface area contributed by atoms with Crippen molar-refractivity contribution in [3.8, 4) is 0 Å². The maximum Gasteiger partial charge on any atom is -1.00 e. The van der Waals surface area contributed by atoms with Gasteiger partial charge in [0.25, 0.3) is 0 Å². The molecule has 0 aliphatic heterocycles. The number of nitrogens with one attached hydrogen (secondary N) is 1. The smallest absolute Gasteiger partial charge is 1.00 e. The molecule has 0 saturated heterocycles. The first-order chi connectivity index (χ1) is 9.81. The summed E-state index contributed by atoms with van der Waals surface area (Å²) in [6.07, 6.45) is -0.599. The summed E-state index contributed by atoms with van der Waals surface area (Å²) < 4.78 is 10.4. The van der Waals surface area contributed by atoms with Crippen molar-refractivity contribution in [3.63, 3.8) is 0 Å². The predicted molar refractivity (Wildman–Crippen MR) is 74.2 cm³/mol. The third kappa shape index (κ3) is 8.68. The Bertz CT molecular complexity index is 476. The van der Waals surface area contributed by atoms with E-state index in [0.29, 0.717) is 5.02 Å². The van der Waals surface area contributed by atoms with Crippen LogP contribution in [0.25, 0.3) is 0 Å². The van der Waals surface area contributed by atoms with Crippen molar-refractivity contribution in [2.24, 2.45) is 0 Å². The van der Waals surface area contributed by atoms with Crippen LogP contribution in [0.2, 0.25) is 5.02 Å². The molecule has 0 spiro atoms. The molecule has 1 amide bonds. The number of ether oxygens (including phenoxy) is 2. The molecule has 22 heavy (non-hydrogen) atoms. The van der Waals surface area contributed by atoms with E-state index in [2.05, 4.69) is 5.32 Å². The average Bonchev–Trinajstić information content (AvgIpc) is 2.41. The second-order valence-electron chi connectivity index (χ2n) is 5.58. The molecule has 0 aromatic heterocycles. The van der Waals surface area contributed by atoms with Crippen LogP contribution in [0.15, 0.2) is 30.3 Å². The van der Waals surface area contributed by atoms with Gasteiger partial charge in [-0.15, -0.1) is 0 Å². The molecule has 0 aliphatic carbocycles. The number of alkyl carbamates (subject to hydrolysis) is 1. The first kappa shape index (κ1) is 21.3. The van der Waals surface area contributed by atoms with Gasteiger partial charge in [-0.05, 0) is 0 Å². The zero-order chi connectivity index (χ0) is 15.9. The Balaban J connectivity index is 0.00000441. The van der Waals surface area contributed by atoms with Crippen LogP contribution in [0.1, 0.15) is 26.3 Å². The normalized spacial score (nSPS) is 11.9. The van der Waals surface area contributed by atoms with Gasteiger partial charge in [0.15, 0.2) is 0 Å². The van der Waals surface area contributed by atoms with E-state index in [1.165, 1.54) is 0 Å². The molecule has 0 unspecified atom stereocenters. The summed E-state index contributed by atoms with van der Waals surface area (Å²) in [6, 6.07) is 8.77. The van der Waals surface area contributed by atoms with E-state index >= 15 is 0 Å². The largest absolute Gasteiger partial charge is 1.00 e. The van der Waals surface area contributed by atoms with Crippen LogP contribution in [0.5, 0.6) is 0 Å². The van der Waals surface area contributed by atoms with E-state index in [9.17, 15) is 9.59 Å². The molecule has 0 radical (unpaired) electrons. The van der Waals surface area contributed by atoms with E-state index in [1.54, 1.807) is 20.8 Å². The van der Waals surface area contributed by atoms with Gasteiger partial charge in [0, 0.05) is 0 Å². The summed E-state index contributed by atoms with van der Waals surface area (Å²) in [5, 5.41) is 3.12. The van der Waals surface area contributed by atoms with Gasteiger partial charge < -0.3 is 24.0 Å². The number of carbonyl (C=O) groups is 2. The molecule has 7 heteroatoms. The summed E-state index contributed by atoms with van der Waals surface area (Å²) in [5.74, 6) is -0.434. The maximum absolute atomic E-state index is 12.0. The van der Waals surface area contributed by atoms with Gasteiger partial charge in [-0.2, -0.15) is 0 Å². The molecule has 1 aromatic carbocycles. The van der Waals surface area contributed by atoms with E-state index in [1.807, 2.05) is 30.3 Å². The minimum Gasteiger partial charge on any atom is -1.00 e. The van der Waals surface area contributed by atoms with Gasteiger partial charge in [0.2, 0.25) is 0 Å². The fraction of sp³-hybridized carbons (Fsp3) is 0.467.